The first kappa shape index (κ1) is 21.8. The molecule has 0 unspecified atom stereocenters. The highest BCUT2D eigenvalue weighted by molar-refractivity contribution is 5.68. The Kier molecular flexibility index (Phi) is 7.25. The number of likely N-dealkylation sites (tertiary alicyclic amines) is 1. The first-order valence-corrected chi connectivity index (χ1v) is 11.4. The molecule has 2 fully saturated rings. The van der Waals surface area contributed by atoms with Gasteiger partial charge in [-0.1, -0.05) is 30.3 Å². The van der Waals surface area contributed by atoms with E-state index in [4.69, 9.17) is 9.47 Å². The monoisotopic (exact) mass is 427 g/mol. The highest BCUT2D eigenvalue weighted by Crippen LogP contribution is 2.37. The summed E-state index contributed by atoms with van der Waals surface area (Å²) in [6.07, 6.45) is 7.69. The van der Waals surface area contributed by atoms with E-state index < -0.39 is 0 Å². The zero-order valence-corrected chi connectivity index (χ0v) is 18.2. The molecule has 1 aliphatic carbocycles. The van der Waals surface area contributed by atoms with Crippen LogP contribution in [0.1, 0.15) is 67.2 Å². The van der Waals surface area contributed by atoms with Crippen molar-refractivity contribution in [3.05, 3.63) is 53.3 Å². The van der Waals surface area contributed by atoms with Gasteiger partial charge in [-0.2, -0.15) is 5.10 Å². The van der Waals surface area contributed by atoms with E-state index in [-0.39, 0.29) is 30.8 Å². The van der Waals surface area contributed by atoms with Gasteiger partial charge < -0.3 is 19.5 Å². The maximum Gasteiger partial charge on any atom is 0.409 e. The summed E-state index contributed by atoms with van der Waals surface area (Å²) in [5, 5.41) is 17.0. The summed E-state index contributed by atoms with van der Waals surface area (Å²) < 4.78 is 11.4. The molecule has 4 rings (SSSR count). The number of hydrogen-bond acceptors (Lipinski definition) is 5. The van der Waals surface area contributed by atoms with Crippen LogP contribution in [0.2, 0.25) is 0 Å². The van der Waals surface area contributed by atoms with Crippen molar-refractivity contribution in [3.63, 3.8) is 0 Å². The molecule has 0 spiro atoms. The molecule has 1 saturated heterocycles. The molecule has 0 bridgehead atoms. The van der Waals surface area contributed by atoms with Crippen LogP contribution in [-0.2, 0) is 16.1 Å². The van der Waals surface area contributed by atoms with Crippen molar-refractivity contribution in [1.82, 2.24) is 15.1 Å². The van der Waals surface area contributed by atoms with Crippen LogP contribution < -0.4 is 0 Å². The van der Waals surface area contributed by atoms with Crippen molar-refractivity contribution in [2.75, 3.05) is 20.3 Å². The van der Waals surface area contributed by atoms with Gasteiger partial charge in [0.2, 0.25) is 0 Å². The molecule has 1 aliphatic heterocycles. The van der Waals surface area contributed by atoms with E-state index in [0.717, 1.165) is 49.8 Å². The Balaban J connectivity index is 1.41. The van der Waals surface area contributed by atoms with Crippen LogP contribution in [0.5, 0.6) is 0 Å². The van der Waals surface area contributed by atoms with Gasteiger partial charge in [-0.3, -0.25) is 5.10 Å². The predicted octanol–water partition coefficient (Wildman–Crippen LogP) is 3.96. The highest BCUT2D eigenvalue weighted by atomic mass is 16.5. The number of methoxy groups -OCH3 is 1. The molecule has 168 valence electrons. The molecule has 7 nitrogen and oxygen atoms in total. The summed E-state index contributed by atoms with van der Waals surface area (Å²) in [4.78, 5) is 14.2. The number of carbonyl (C=O) groups is 1. The van der Waals surface area contributed by atoms with Gasteiger partial charge in [0, 0.05) is 24.2 Å². The number of H-pyrrole nitrogens is 1. The lowest BCUT2D eigenvalue weighted by Gasteiger charge is -2.41. The van der Waals surface area contributed by atoms with Crippen LogP contribution in [0.4, 0.5) is 4.79 Å². The standard InChI is InChI=1S/C24H33N3O4/c1-30-24(29)27-13-5-8-21(23-19(15-28)14-25-26-23)22(27)16-31-20-11-9-18(10-12-20)17-6-3-2-4-7-17/h2-4,6-7,14,18,20-22,28H,5,8-13,15-16H2,1H3,(H,25,26)/t18-,20+,21-,22-/m0/s1. The molecule has 2 atom stereocenters. The number of benzene rings is 1. The molecule has 2 aliphatic rings. The number of hydrogen-bond donors (Lipinski definition) is 2. The van der Waals surface area contributed by atoms with Crippen molar-refractivity contribution < 1.29 is 19.4 Å². The van der Waals surface area contributed by atoms with Crippen molar-refractivity contribution in [1.29, 1.82) is 0 Å². The normalized spacial score (nSPS) is 26.6. The summed E-state index contributed by atoms with van der Waals surface area (Å²) in [7, 11) is 1.42. The number of amides is 1. The fraction of sp³-hybridized carbons (Fsp3) is 0.583. The molecule has 1 amide bonds. The lowest BCUT2D eigenvalue weighted by molar-refractivity contribution is -0.0243. The Hall–Kier alpha value is -2.38. The van der Waals surface area contributed by atoms with Gasteiger partial charge in [-0.15, -0.1) is 0 Å². The second-order valence-electron chi connectivity index (χ2n) is 8.65. The van der Waals surface area contributed by atoms with Crippen molar-refractivity contribution in [2.24, 2.45) is 0 Å². The van der Waals surface area contributed by atoms with Gasteiger partial charge >= 0.3 is 6.09 Å². The van der Waals surface area contributed by atoms with Gasteiger partial charge in [0.1, 0.15) is 0 Å². The van der Waals surface area contributed by atoms with Crippen molar-refractivity contribution >= 4 is 6.09 Å². The van der Waals surface area contributed by atoms with E-state index in [9.17, 15) is 9.90 Å². The third-order valence-corrected chi connectivity index (χ3v) is 6.91. The summed E-state index contributed by atoms with van der Waals surface area (Å²) in [5.74, 6) is 0.619. The van der Waals surface area contributed by atoms with E-state index in [1.807, 2.05) is 0 Å². The van der Waals surface area contributed by atoms with E-state index in [0.29, 0.717) is 19.1 Å². The number of nitrogens with zero attached hydrogens (tertiary/aromatic N) is 2. The number of aliphatic hydroxyl groups excluding tert-OH is 1. The Labute approximate surface area is 183 Å². The second kappa shape index (κ2) is 10.3. The number of nitrogens with one attached hydrogen (secondary N) is 1. The number of piperidine rings is 1. The summed E-state index contributed by atoms with van der Waals surface area (Å²) in [6, 6.07) is 10.6. The van der Waals surface area contributed by atoms with Gasteiger partial charge in [0.15, 0.2) is 0 Å². The molecule has 2 N–H and O–H groups in total. The number of rotatable bonds is 6. The van der Waals surface area contributed by atoms with Crippen LogP contribution in [0, 0.1) is 0 Å². The number of ether oxygens (including phenoxy) is 2. The Morgan fingerprint density at radius 2 is 1.97 bits per heavy atom. The SMILES string of the molecule is COC(=O)N1CCC[C@H](c2n[nH]cc2CO)[C@@H]1CO[C@H]1CC[C@@H](c2ccccc2)CC1. The molecule has 2 aromatic rings. The second-order valence-corrected chi connectivity index (χ2v) is 8.65. The van der Waals surface area contributed by atoms with Crippen LogP contribution in [0.25, 0.3) is 0 Å². The third-order valence-electron chi connectivity index (χ3n) is 6.91. The van der Waals surface area contributed by atoms with Crippen LogP contribution >= 0.6 is 0 Å². The van der Waals surface area contributed by atoms with E-state index in [1.165, 1.54) is 12.7 Å². The maximum absolute atomic E-state index is 12.5. The number of aliphatic hydroxyl groups is 1. The minimum absolute atomic E-state index is 0.0157. The van der Waals surface area contributed by atoms with Gasteiger partial charge in [-0.05, 0) is 50.0 Å². The average Bonchev–Trinajstić information content (AvgIpc) is 3.31. The zero-order valence-electron chi connectivity index (χ0n) is 18.2. The zero-order chi connectivity index (χ0) is 21.6. The summed E-state index contributed by atoms with van der Waals surface area (Å²) in [5.41, 5.74) is 3.03. The Bertz CT molecular complexity index is 832. The van der Waals surface area contributed by atoms with Gasteiger partial charge in [-0.25, -0.2) is 4.79 Å². The topological polar surface area (TPSA) is 87.7 Å². The Morgan fingerprint density at radius 3 is 2.68 bits per heavy atom. The predicted molar refractivity (Wildman–Crippen MR) is 117 cm³/mol. The lowest BCUT2D eigenvalue weighted by Crippen LogP contribution is -2.50. The minimum Gasteiger partial charge on any atom is -0.453 e. The average molecular weight is 428 g/mol. The largest absolute Gasteiger partial charge is 0.453 e. The van der Waals surface area contributed by atoms with Crippen LogP contribution in [0.15, 0.2) is 36.5 Å². The fourth-order valence-corrected chi connectivity index (χ4v) is 5.22. The smallest absolute Gasteiger partial charge is 0.409 e. The number of carbonyl (C=O) groups excluding carboxylic acids is 1. The maximum atomic E-state index is 12.5. The van der Waals surface area contributed by atoms with Crippen molar-refractivity contribution in [2.45, 2.75) is 69.1 Å². The number of aromatic amines is 1. The molecule has 7 heteroatoms. The molecule has 2 heterocycles. The highest BCUT2D eigenvalue weighted by Gasteiger charge is 2.38. The first-order chi connectivity index (χ1) is 15.2. The first-order valence-electron chi connectivity index (χ1n) is 11.4. The summed E-state index contributed by atoms with van der Waals surface area (Å²) in [6.45, 7) is 1.03. The van der Waals surface area contributed by atoms with E-state index in [2.05, 4.69) is 40.5 Å². The third kappa shape index (κ3) is 4.93. The van der Waals surface area contributed by atoms with Crippen LogP contribution in [0.3, 0.4) is 0 Å². The molecule has 1 saturated carbocycles. The molecular weight excluding hydrogens is 394 g/mol. The Morgan fingerprint density at radius 1 is 1.19 bits per heavy atom. The van der Waals surface area contributed by atoms with E-state index >= 15 is 0 Å². The van der Waals surface area contributed by atoms with Gasteiger partial charge in [0.25, 0.3) is 0 Å². The fourth-order valence-electron chi connectivity index (χ4n) is 5.22. The van der Waals surface area contributed by atoms with Gasteiger partial charge in [0.05, 0.1) is 38.2 Å². The molecule has 1 aromatic heterocycles. The van der Waals surface area contributed by atoms with Crippen LogP contribution in [-0.4, -0.2) is 58.7 Å². The number of aromatic nitrogens is 2. The summed E-state index contributed by atoms with van der Waals surface area (Å²) >= 11 is 0. The minimum atomic E-state index is -0.327. The lowest BCUT2D eigenvalue weighted by atomic mass is 9.82. The molecular formula is C24H33N3O4. The molecule has 1 aromatic carbocycles. The molecule has 0 radical (unpaired) electrons. The molecule has 31 heavy (non-hydrogen) atoms. The quantitative estimate of drug-likeness (QED) is 0.729. The van der Waals surface area contributed by atoms with E-state index in [1.54, 1.807) is 11.1 Å². The van der Waals surface area contributed by atoms with Crippen molar-refractivity contribution in [3.8, 4) is 0 Å².